The summed E-state index contributed by atoms with van der Waals surface area (Å²) in [6.45, 7) is 2.60. The summed E-state index contributed by atoms with van der Waals surface area (Å²) in [6.07, 6.45) is 0.0662. The van der Waals surface area contributed by atoms with Gasteiger partial charge in [0.2, 0.25) is 0 Å². The summed E-state index contributed by atoms with van der Waals surface area (Å²) >= 11 is 0. The molecule has 0 spiro atoms. The Kier molecular flexibility index (Phi) is 2.19. The van der Waals surface area contributed by atoms with Gasteiger partial charge in [-0.25, -0.2) is 4.39 Å². The van der Waals surface area contributed by atoms with Crippen LogP contribution < -0.4 is 4.74 Å². The Hall–Kier alpha value is -1.09. The second kappa shape index (κ2) is 3.34. The van der Waals surface area contributed by atoms with Crippen LogP contribution in [0.3, 0.4) is 0 Å². The third kappa shape index (κ3) is 1.98. The van der Waals surface area contributed by atoms with E-state index in [1.54, 1.807) is 18.2 Å². The zero-order chi connectivity index (χ0) is 9.26. The maximum Gasteiger partial charge on any atom is 0.165 e. The molecule has 1 aliphatic heterocycles. The van der Waals surface area contributed by atoms with Crippen LogP contribution >= 0.6 is 0 Å². The van der Waals surface area contributed by atoms with E-state index in [4.69, 9.17) is 9.47 Å². The van der Waals surface area contributed by atoms with Crippen molar-refractivity contribution in [3.8, 4) is 5.75 Å². The smallest absolute Gasteiger partial charge is 0.165 e. The molecule has 2 rings (SSSR count). The van der Waals surface area contributed by atoms with Crippen molar-refractivity contribution in [3.63, 3.8) is 0 Å². The summed E-state index contributed by atoms with van der Waals surface area (Å²) in [6, 6.07) is 6.39. The number of hydrogen-bond acceptors (Lipinski definition) is 2. The van der Waals surface area contributed by atoms with Crippen molar-refractivity contribution in [1.82, 2.24) is 0 Å². The van der Waals surface area contributed by atoms with Crippen molar-refractivity contribution in [2.75, 3.05) is 6.61 Å². The van der Waals surface area contributed by atoms with Crippen LogP contribution in [-0.2, 0) is 4.74 Å². The summed E-state index contributed by atoms with van der Waals surface area (Å²) in [5.74, 6) is -0.0273. The Labute approximate surface area is 76.3 Å². The van der Waals surface area contributed by atoms with Crippen LogP contribution in [0.15, 0.2) is 24.3 Å². The highest BCUT2D eigenvalue weighted by molar-refractivity contribution is 5.24. The van der Waals surface area contributed by atoms with Crippen LogP contribution in [0.4, 0.5) is 4.39 Å². The molecule has 2 atom stereocenters. The first-order valence-corrected chi connectivity index (χ1v) is 4.30. The highest BCUT2D eigenvalue weighted by atomic mass is 19.1. The summed E-state index contributed by atoms with van der Waals surface area (Å²) in [5.41, 5.74) is 0. The molecule has 1 heterocycles. The normalized spacial score (nSPS) is 22.5. The molecule has 0 aliphatic carbocycles. The highest BCUT2D eigenvalue weighted by Gasteiger charge is 2.31. The summed E-state index contributed by atoms with van der Waals surface area (Å²) in [5, 5.41) is 0. The predicted octanol–water partition coefficient (Wildman–Crippen LogP) is 1.99. The molecular formula is C10H11FO2. The monoisotopic (exact) mass is 182 g/mol. The SMILES string of the molecule is C[C@@H](Oc1ccccc1F)[C@H]1CO1. The number of para-hydroxylation sites is 1. The molecular weight excluding hydrogens is 171 g/mol. The first-order valence-electron chi connectivity index (χ1n) is 4.30. The van der Waals surface area contributed by atoms with E-state index in [1.165, 1.54) is 6.07 Å². The van der Waals surface area contributed by atoms with Gasteiger partial charge in [0.05, 0.1) is 6.61 Å². The molecule has 1 aromatic rings. The minimum Gasteiger partial charge on any atom is -0.485 e. The zero-order valence-electron chi connectivity index (χ0n) is 7.37. The van der Waals surface area contributed by atoms with Gasteiger partial charge in [0.15, 0.2) is 11.6 Å². The van der Waals surface area contributed by atoms with Crippen LogP contribution in [-0.4, -0.2) is 18.8 Å². The fourth-order valence-electron chi connectivity index (χ4n) is 1.14. The van der Waals surface area contributed by atoms with Crippen molar-refractivity contribution in [1.29, 1.82) is 0 Å². The molecule has 1 aromatic carbocycles. The van der Waals surface area contributed by atoms with E-state index < -0.39 is 0 Å². The van der Waals surface area contributed by atoms with E-state index in [0.29, 0.717) is 5.75 Å². The standard InChI is InChI=1S/C10H11FO2/c1-7(10-6-12-10)13-9-5-3-2-4-8(9)11/h2-5,7,10H,6H2,1H3/t7-,10-/m1/s1. The van der Waals surface area contributed by atoms with Crippen molar-refractivity contribution in [2.24, 2.45) is 0 Å². The Bertz CT molecular complexity index is 297. The number of halogens is 1. The Morgan fingerprint density at radius 2 is 2.23 bits per heavy atom. The molecule has 1 fully saturated rings. The Morgan fingerprint density at radius 1 is 1.54 bits per heavy atom. The van der Waals surface area contributed by atoms with Gasteiger partial charge in [-0.15, -0.1) is 0 Å². The molecule has 0 N–H and O–H groups in total. The molecule has 13 heavy (non-hydrogen) atoms. The summed E-state index contributed by atoms with van der Waals surface area (Å²) < 4.78 is 23.5. The van der Waals surface area contributed by atoms with Gasteiger partial charge in [0.1, 0.15) is 12.2 Å². The van der Waals surface area contributed by atoms with Gasteiger partial charge in [0, 0.05) is 0 Å². The average Bonchev–Trinajstić information content (AvgIpc) is 2.91. The third-order valence-electron chi connectivity index (χ3n) is 2.03. The van der Waals surface area contributed by atoms with Crippen molar-refractivity contribution < 1.29 is 13.9 Å². The maximum atomic E-state index is 13.1. The molecule has 0 bridgehead atoms. The third-order valence-corrected chi connectivity index (χ3v) is 2.03. The summed E-state index contributed by atoms with van der Waals surface area (Å²) in [7, 11) is 0. The number of epoxide rings is 1. The second-order valence-electron chi connectivity index (χ2n) is 3.13. The van der Waals surface area contributed by atoms with E-state index in [9.17, 15) is 4.39 Å². The lowest BCUT2D eigenvalue weighted by Gasteiger charge is -2.12. The van der Waals surface area contributed by atoms with Gasteiger partial charge in [-0.3, -0.25) is 0 Å². The fourth-order valence-corrected chi connectivity index (χ4v) is 1.14. The molecule has 0 aromatic heterocycles. The van der Waals surface area contributed by atoms with Crippen LogP contribution in [0, 0.1) is 5.82 Å². The quantitative estimate of drug-likeness (QED) is 0.667. The van der Waals surface area contributed by atoms with E-state index in [1.807, 2.05) is 6.92 Å². The van der Waals surface area contributed by atoms with Crippen molar-refractivity contribution >= 4 is 0 Å². The zero-order valence-corrected chi connectivity index (χ0v) is 7.37. The van der Waals surface area contributed by atoms with Crippen LogP contribution in [0.5, 0.6) is 5.75 Å². The number of hydrogen-bond donors (Lipinski definition) is 0. The molecule has 0 saturated carbocycles. The van der Waals surface area contributed by atoms with E-state index in [-0.39, 0.29) is 18.0 Å². The van der Waals surface area contributed by atoms with Gasteiger partial charge in [-0.05, 0) is 19.1 Å². The van der Waals surface area contributed by atoms with Crippen molar-refractivity contribution in [2.45, 2.75) is 19.1 Å². The predicted molar refractivity (Wildman–Crippen MR) is 46.2 cm³/mol. The molecule has 2 nitrogen and oxygen atoms in total. The topological polar surface area (TPSA) is 21.8 Å². The van der Waals surface area contributed by atoms with Gasteiger partial charge in [0.25, 0.3) is 0 Å². The number of ether oxygens (including phenoxy) is 2. The molecule has 0 radical (unpaired) electrons. The first kappa shape index (κ1) is 8.51. The van der Waals surface area contributed by atoms with Crippen molar-refractivity contribution in [3.05, 3.63) is 30.1 Å². The van der Waals surface area contributed by atoms with E-state index in [2.05, 4.69) is 0 Å². The number of benzene rings is 1. The van der Waals surface area contributed by atoms with Gasteiger partial charge >= 0.3 is 0 Å². The van der Waals surface area contributed by atoms with E-state index >= 15 is 0 Å². The maximum absolute atomic E-state index is 13.1. The lowest BCUT2D eigenvalue weighted by Crippen LogP contribution is -2.19. The lowest BCUT2D eigenvalue weighted by atomic mass is 10.3. The van der Waals surface area contributed by atoms with Crippen LogP contribution in [0.25, 0.3) is 0 Å². The molecule has 1 saturated heterocycles. The lowest BCUT2D eigenvalue weighted by molar-refractivity contribution is 0.169. The van der Waals surface area contributed by atoms with Gasteiger partial charge in [-0.1, -0.05) is 12.1 Å². The molecule has 0 amide bonds. The summed E-state index contributed by atoms with van der Waals surface area (Å²) in [4.78, 5) is 0. The Morgan fingerprint density at radius 3 is 2.85 bits per heavy atom. The minimum absolute atomic E-state index is 0.0723. The highest BCUT2D eigenvalue weighted by Crippen LogP contribution is 2.22. The first-order chi connectivity index (χ1) is 6.27. The number of rotatable bonds is 3. The fraction of sp³-hybridized carbons (Fsp3) is 0.400. The largest absolute Gasteiger partial charge is 0.485 e. The Balaban J connectivity index is 2.03. The molecule has 1 aliphatic rings. The van der Waals surface area contributed by atoms with Gasteiger partial charge < -0.3 is 9.47 Å². The minimum atomic E-state index is -0.324. The van der Waals surface area contributed by atoms with Crippen LogP contribution in [0.1, 0.15) is 6.92 Å². The van der Waals surface area contributed by atoms with Crippen LogP contribution in [0.2, 0.25) is 0 Å². The molecule has 0 unspecified atom stereocenters. The van der Waals surface area contributed by atoms with E-state index in [0.717, 1.165) is 6.61 Å². The average molecular weight is 182 g/mol. The van der Waals surface area contributed by atoms with Gasteiger partial charge in [-0.2, -0.15) is 0 Å². The molecule has 3 heteroatoms. The molecule has 70 valence electrons. The second-order valence-corrected chi connectivity index (χ2v) is 3.13.